The first kappa shape index (κ1) is 26.6. The number of nitrogens with one attached hydrogen (secondary N) is 1. The van der Waals surface area contributed by atoms with Crippen LogP contribution in [-0.2, 0) is 4.79 Å². The van der Waals surface area contributed by atoms with Crippen molar-refractivity contribution in [3.8, 4) is 16.9 Å². The first-order valence-corrected chi connectivity index (χ1v) is 13.8. The van der Waals surface area contributed by atoms with Crippen molar-refractivity contribution in [1.29, 1.82) is 0 Å². The highest BCUT2D eigenvalue weighted by atomic mass is 35.5. The Kier molecular flexibility index (Phi) is 6.50. The maximum atomic E-state index is 15.6. The molecule has 4 aromatic rings. The topological polar surface area (TPSA) is 89.8 Å². The summed E-state index contributed by atoms with van der Waals surface area (Å²) in [4.78, 5) is 38.8. The monoisotopic (exact) mass is 577 g/mol. The first-order valence-electron chi connectivity index (χ1n) is 13.1. The van der Waals surface area contributed by atoms with Gasteiger partial charge in [-0.3, -0.25) is 19.1 Å². The van der Waals surface area contributed by atoms with E-state index >= 15 is 4.39 Å². The molecule has 6 rings (SSSR count). The molecule has 0 bridgehead atoms. The zero-order valence-electron chi connectivity index (χ0n) is 22.1. The van der Waals surface area contributed by atoms with E-state index in [1.165, 1.54) is 10.6 Å². The van der Waals surface area contributed by atoms with Crippen molar-refractivity contribution in [2.45, 2.75) is 51.9 Å². The Bertz CT molecular complexity index is 1750. The molecule has 2 aliphatic rings. The maximum Gasteiger partial charge on any atom is 0.274 e. The number of rotatable bonds is 6. The predicted octanol–water partition coefficient (Wildman–Crippen LogP) is 6.76. The summed E-state index contributed by atoms with van der Waals surface area (Å²) >= 11 is 12.6. The van der Waals surface area contributed by atoms with Crippen molar-refractivity contribution >= 4 is 34.8 Å². The van der Waals surface area contributed by atoms with Gasteiger partial charge in [-0.15, -0.1) is 0 Å². The van der Waals surface area contributed by atoms with Gasteiger partial charge >= 0.3 is 0 Å². The van der Waals surface area contributed by atoms with E-state index < -0.39 is 11.2 Å². The van der Waals surface area contributed by atoms with Gasteiger partial charge in [0.1, 0.15) is 5.02 Å². The molecule has 3 heterocycles. The third-order valence-corrected chi connectivity index (χ3v) is 8.53. The van der Waals surface area contributed by atoms with Gasteiger partial charge in [0.15, 0.2) is 5.82 Å². The number of carbonyl (C=O) groups excluding carboxylic acids is 1. The molecule has 1 aromatic carbocycles. The fraction of sp³-hybridized carbons (Fsp3) is 0.300. The molecule has 3 aromatic heterocycles. The van der Waals surface area contributed by atoms with Crippen LogP contribution in [0.5, 0.6) is 0 Å². The molecular weight excluding hydrogens is 552 g/mol. The van der Waals surface area contributed by atoms with E-state index in [0.717, 1.165) is 36.1 Å². The van der Waals surface area contributed by atoms with Crippen LogP contribution in [0, 0.1) is 25.1 Å². The molecule has 2 atom stereocenters. The van der Waals surface area contributed by atoms with E-state index in [4.69, 9.17) is 23.2 Å². The largest absolute Gasteiger partial charge is 0.323 e. The van der Waals surface area contributed by atoms with Gasteiger partial charge in [0.25, 0.3) is 5.56 Å². The van der Waals surface area contributed by atoms with Gasteiger partial charge in [0, 0.05) is 40.7 Å². The molecule has 7 nitrogen and oxygen atoms in total. The van der Waals surface area contributed by atoms with Gasteiger partial charge in [0.05, 0.1) is 17.1 Å². The van der Waals surface area contributed by atoms with Crippen molar-refractivity contribution in [3.05, 3.63) is 97.8 Å². The Morgan fingerprint density at radius 1 is 1.12 bits per heavy atom. The standard InChI is InChI=1S/C30H26Cl2FN5O2/c1-15-14-35-23(17-5-4-6-22(26(17)33)36-28(40)30(3)8-9-30)13-24(15)38-16(2)11-20(25(31)27(38)39)18-12-19(18)21-7-10-34-29(32)37-21/h4-7,10-11,13-14,18-19H,8-9,12H2,1-3H3,(H,36,40)/t18-,19-/m0/s1. The number of carbonyl (C=O) groups is 1. The first-order chi connectivity index (χ1) is 19.1. The lowest BCUT2D eigenvalue weighted by Crippen LogP contribution is -2.23. The Labute approximate surface area is 240 Å². The van der Waals surface area contributed by atoms with Crippen molar-refractivity contribution in [3.63, 3.8) is 0 Å². The highest BCUT2D eigenvalue weighted by Crippen LogP contribution is 2.55. The van der Waals surface area contributed by atoms with E-state index in [2.05, 4.69) is 20.3 Å². The minimum Gasteiger partial charge on any atom is -0.323 e. The van der Waals surface area contributed by atoms with Gasteiger partial charge in [0.2, 0.25) is 11.2 Å². The Hall–Kier alpha value is -3.62. The Balaban J connectivity index is 1.35. The Morgan fingerprint density at radius 3 is 2.62 bits per heavy atom. The van der Waals surface area contributed by atoms with Crippen molar-refractivity contribution in [2.75, 3.05) is 5.32 Å². The number of anilines is 1. The summed E-state index contributed by atoms with van der Waals surface area (Å²) in [6, 6.07) is 10.2. The van der Waals surface area contributed by atoms with Crippen LogP contribution in [0.25, 0.3) is 16.9 Å². The van der Waals surface area contributed by atoms with Crippen LogP contribution in [0.4, 0.5) is 10.1 Å². The van der Waals surface area contributed by atoms with E-state index in [9.17, 15) is 9.59 Å². The zero-order valence-corrected chi connectivity index (χ0v) is 23.6. The fourth-order valence-corrected chi connectivity index (χ4v) is 5.57. The summed E-state index contributed by atoms with van der Waals surface area (Å²) in [5.74, 6) is -0.609. The number of nitrogens with zero attached hydrogens (tertiary/aromatic N) is 4. The van der Waals surface area contributed by atoms with Crippen LogP contribution < -0.4 is 10.9 Å². The number of aromatic nitrogens is 4. The fourth-order valence-electron chi connectivity index (χ4n) is 5.14. The van der Waals surface area contributed by atoms with Crippen molar-refractivity contribution in [1.82, 2.24) is 19.5 Å². The molecule has 0 spiro atoms. The molecule has 40 heavy (non-hydrogen) atoms. The van der Waals surface area contributed by atoms with Gasteiger partial charge in [-0.1, -0.05) is 24.6 Å². The van der Waals surface area contributed by atoms with Gasteiger partial charge in [-0.25, -0.2) is 14.4 Å². The number of aryl methyl sites for hydroxylation is 2. The average molecular weight is 578 g/mol. The highest BCUT2D eigenvalue weighted by molar-refractivity contribution is 6.31. The summed E-state index contributed by atoms with van der Waals surface area (Å²) in [5, 5.41) is 3.04. The molecule has 2 saturated carbocycles. The number of halogens is 3. The van der Waals surface area contributed by atoms with Crippen LogP contribution in [0.3, 0.4) is 0 Å². The van der Waals surface area contributed by atoms with E-state index in [-0.39, 0.29) is 44.9 Å². The number of hydrogen-bond donors (Lipinski definition) is 1. The van der Waals surface area contributed by atoms with E-state index in [1.807, 2.05) is 32.9 Å². The molecule has 0 saturated heterocycles. The molecule has 0 radical (unpaired) electrons. The molecule has 2 fully saturated rings. The second kappa shape index (κ2) is 9.78. The molecule has 1 N–H and O–H groups in total. The summed E-state index contributed by atoms with van der Waals surface area (Å²) < 4.78 is 17.1. The lowest BCUT2D eigenvalue weighted by Gasteiger charge is -2.17. The van der Waals surface area contributed by atoms with Crippen LogP contribution in [0.2, 0.25) is 10.3 Å². The van der Waals surface area contributed by atoms with Gasteiger partial charge in [-0.05, 0) is 92.1 Å². The highest BCUT2D eigenvalue weighted by Gasteiger charge is 2.45. The minimum absolute atomic E-state index is 0.0542. The lowest BCUT2D eigenvalue weighted by atomic mass is 10.0. The van der Waals surface area contributed by atoms with E-state index in [0.29, 0.717) is 17.1 Å². The summed E-state index contributed by atoms with van der Waals surface area (Å²) in [6.45, 7) is 5.54. The summed E-state index contributed by atoms with van der Waals surface area (Å²) in [6.07, 6.45) is 5.60. The Morgan fingerprint density at radius 2 is 1.90 bits per heavy atom. The normalized spacial score (nSPS) is 18.9. The number of hydrogen-bond acceptors (Lipinski definition) is 5. The number of amides is 1. The van der Waals surface area contributed by atoms with E-state index in [1.54, 1.807) is 30.6 Å². The van der Waals surface area contributed by atoms with Crippen molar-refractivity contribution < 1.29 is 9.18 Å². The van der Waals surface area contributed by atoms with Gasteiger partial charge in [-0.2, -0.15) is 0 Å². The zero-order chi connectivity index (χ0) is 28.3. The molecule has 0 unspecified atom stereocenters. The molecule has 10 heteroatoms. The molecular formula is C30H26Cl2FN5O2. The van der Waals surface area contributed by atoms with Gasteiger partial charge < -0.3 is 5.32 Å². The third-order valence-electron chi connectivity index (χ3n) is 7.97. The SMILES string of the molecule is Cc1cnc(-c2cccc(NC(=O)C3(C)CC3)c2F)cc1-n1c(C)cc([C@H]2C[C@@H]2c2ccnc(Cl)n2)c(Cl)c1=O. The smallest absolute Gasteiger partial charge is 0.274 e. The summed E-state index contributed by atoms with van der Waals surface area (Å²) in [7, 11) is 0. The third kappa shape index (κ3) is 4.69. The van der Waals surface area contributed by atoms with Crippen LogP contribution in [0.15, 0.2) is 53.6 Å². The van der Waals surface area contributed by atoms with Crippen LogP contribution in [0.1, 0.15) is 60.5 Å². The van der Waals surface area contributed by atoms with Crippen molar-refractivity contribution in [2.24, 2.45) is 5.41 Å². The molecule has 1 amide bonds. The average Bonchev–Trinajstić information content (AvgIpc) is 3.85. The lowest BCUT2D eigenvalue weighted by molar-refractivity contribution is -0.120. The van der Waals surface area contributed by atoms with Crippen LogP contribution >= 0.6 is 23.2 Å². The number of benzene rings is 1. The second-order valence-corrected chi connectivity index (χ2v) is 11.6. The molecule has 2 aliphatic carbocycles. The molecule has 204 valence electrons. The van der Waals surface area contributed by atoms with Crippen LogP contribution in [-0.4, -0.2) is 25.4 Å². The minimum atomic E-state index is -0.579. The quantitative estimate of drug-likeness (QED) is 0.256. The second-order valence-electron chi connectivity index (χ2n) is 10.9. The predicted molar refractivity (Wildman–Crippen MR) is 153 cm³/mol. The maximum absolute atomic E-state index is 15.6. The number of pyridine rings is 2. The molecule has 0 aliphatic heterocycles. The summed E-state index contributed by atoms with van der Waals surface area (Å²) in [5.41, 5.74) is 3.42.